The molecule has 0 saturated carbocycles. The van der Waals surface area contributed by atoms with Gasteiger partial charge in [-0.25, -0.2) is 9.78 Å². The molecule has 0 bridgehead atoms. The minimum absolute atomic E-state index is 0.0163. The van der Waals surface area contributed by atoms with Crippen molar-refractivity contribution in [3.63, 3.8) is 0 Å². The van der Waals surface area contributed by atoms with Gasteiger partial charge in [0.1, 0.15) is 18.1 Å². The Morgan fingerprint density at radius 1 is 0.882 bits per heavy atom. The summed E-state index contributed by atoms with van der Waals surface area (Å²) in [6, 6.07) is 3.25. The van der Waals surface area contributed by atoms with Crippen LogP contribution in [0, 0.1) is 0 Å². The molecule has 2 rings (SSSR count). The van der Waals surface area contributed by atoms with Crippen LogP contribution < -0.4 is 21.7 Å². The number of rotatable bonds is 13. The average molecular weight is 476 g/mol. The smallest absolute Gasteiger partial charge is 0.326 e. The third kappa shape index (κ3) is 7.95. The third-order valence-corrected chi connectivity index (χ3v) is 4.86. The van der Waals surface area contributed by atoms with Gasteiger partial charge in [0.25, 0.3) is 0 Å². The standard InChI is InChI=1S/C21H28N6O7/c22-14(7-13-8-23-11-24-13)18(30)26-16(9-28)20(32)27-17(10-29)19(31)25-15(21(33)34)6-12-4-2-1-3-5-12/h1-5,8,11,14-17,28-29H,6-7,9-10,22H2,(H,23,24)(H,25,31)(H,26,30)(H,27,32)(H,33,34). The molecule has 0 radical (unpaired) electrons. The average Bonchev–Trinajstić information content (AvgIpc) is 3.33. The van der Waals surface area contributed by atoms with Gasteiger partial charge in [-0.15, -0.1) is 0 Å². The fourth-order valence-electron chi connectivity index (χ4n) is 2.99. The molecule has 4 unspecified atom stereocenters. The molecule has 0 saturated heterocycles. The summed E-state index contributed by atoms with van der Waals surface area (Å²) in [6.45, 7) is -1.65. The second-order valence-electron chi connectivity index (χ2n) is 7.46. The summed E-state index contributed by atoms with van der Waals surface area (Å²) >= 11 is 0. The number of carbonyl (C=O) groups excluding carboxylic acids is 3. The molecule has 1 aromatic carbocycles. The number of aromatic nitrogens is 2. The monoisotopic (exact) mass is 476 g/mol. The molecule has 3 amide bonds. The lowest BCUT2D eigenvalue weighted by Crippen LogP contribution is -2.59. The van der Waals surface area contributed by atoms with E-state index in [1.807, 2.05) is 0 Å². The first kappa shape index (κ1) is 26.4. The Labute approximate surface area is 194 Å². The lowest BCUT2D eigenvalue weighted by molar-refractivity contribution is -0.142. The van der Waals surface area contributed by atoms with E-state index in [9.17, 15) is 34.5 Å². The molecule has 13 heteroatoms. The highest BCUT2D eigenvalue weighted by molar-refractivity contribution is 5.94. The van der Waals surface area contributed by atoms with Crippen LogP contribution in [0.1, 0.15) is 11.3 Å². The number of amides is 3. The summed E-state index contributed by atoms with van der Waals surface area (Å²) in [4.78, 5) is 55.4. The summed E-state index contributed by atoms with van der Waals surface area (Å²) in [7, 11) is 0. The highest BCUT2D eigenvalue weighted by Crippen LogP contribution is 2.04. The molecule has 4 atom stereocenters. The van der Waals surface area contributed by atoms with E-state index in [-0.39, 0.29) is 12.8 Å². The zero-order chi connectivity index (χ0) is 25.1. The number of carboxylic acid groups (broad SMARTS) is 1. The molecule has 0 aliphatic heterocycles. The minimum Gasteiger partial charge on any atom is -0.480 e. The second-order valence-corrected chi connectivity index (χ2v) is 7.46. The number of aliphatic hydroxyl groups is 2. The van der Waals surface area contributed by atoms with Gasteiger partial charge in [-0.2, -0.15) is 0 Å². The number of aromatic amines is 1. The molecule has 13 nitrogen and oxygen atoms in total. The van der Waals surface area contributed by atoms with Crippen molar-refractivity contribution >= 4 is 23.7 Å². The van der Waals surface area contributed by atoms with Crippen molar-refractivity contribution in [1.29, 1.82) is 0 Å². The largest absolute Gasteiger partial charge is 0.480 e. The number of carboxylic acids is 1. The molecular weight excluding hydrogens is 448 g/mol. The van der Waals surface area contributed by atoms with Crippen LogP contribution in [0.5, 0.6) is 0 Å². The van der Waals surface area contributed by atoms with E-state index in [4.69, 9.17) is 5.73 Å². The van der Waals surface area contributed by atoms with E-state index in [0.717, 1.165) is 0 Å². The summed E-state index contributed by atoms with van der Waals surface area (Å²) in [5.74, 6) is -3.94. The third-order valence-electron chi connectivity index (χ3n) is 4.86. The Balaban J connectivity index is 1.95. The van der Waals surface area contributed by atoms with E-state index in [0.29, 0.717) is 11.3 Å². The number of hydrogen-bond donors (Lipinski definition) is 8. The van der Waals surface area contributed by atoms with Crippen LogP contribution in [0.4, 0.5) is 0 Å². The molecule has 0 fully saturated rings. The second kappa shape index (κ2) is 13.0. The first-order valence-corrected chi connectivity index (χ1v) is 10.4. The van der Waals surface area contributed by atoms with Crippen LogP contribution in [0.2, 0.25) is 0 Å². The minimum atomic E-state index is -1.52. The Hall–Kier alpha value is -3.81. The molecule has 9 N–H and O–H groups in total. The predicted molar refractivity (Wildman–Crippen MR) is 118 cm³/mol. The van der Waals surface area contributed by atoms with Gasteiger partial charge in [0.15, 0.2) is 0 Å². The van der Waals surface area contributed by atoms with Crippen molar-refractivity contribution in [1.82, 2.24) is 25.9 Å². The number of aliphatic hydroxyl groups excluding tert-OH is 2. The van der Waals surface area contributed by atoms with Gasteiger partial charge >= 0.3 is 5.97 Å². The number of H-pyrrole nitrogens is 1. The van der Waals surface area contributed by atoms with E-state index >= 15 is 0 Å². The fourth-order valence-corrected chi connectivity index (χ4v) is 2.99. The zero-order valence-electron chi connectivity index (χ0n) is 18.2. The Bertz CT molecular complexity index is 954. The highest BCUT2D eigenvalue weighted by atomic mass is 16.4. The number of nitrogens with zero attached hydrogens (tertiary/aromatic N) is 1. The van der Waals surface area contributed by atoms with Crippen molar-refractivity contribution in [2.45, 2.75) is 37.0 Å². The fraction of sp³-hybridized carbons (Fsp3) is 0.381. The number of carbonyl (C=O) groups is 4. The summed E-state index contributed by atoms with van der Waals surface area (Å²) < 4.78 is 0. The van der Waals surface area contributed by atoms with Crippen molar-refractivity contribution in [3.8, 4) is 0 Å². The maximum absolute atomic E-state index is 12.5. The van der Waals surface area contributed by atoms with Crippen LogP contribution in [0.3, 0.4) is 0 Å². The zero-order valence-corrected chi connectivity index (χ0v) is 18.2. The molecule has 34 heavy (non-hydrogen) atoms. The molecule has 0 aliphatic rings. The van der Waals surface area contributed by atoms with E-state index in [1.54, 1.807) is 30.3 Å². The van der Waals surface area contributed by atoms with Crippen LogP contribution in [-0.2, 0) is 32.0 Å². The summed E-state index contributed by atoms with van der Waals surface area (Å²) in [6.07, 6.45) is 2.98. The number of hydrogen-bond acceptors (Lipinski definition) is 8. The number of nitrogens with two attached hydrogens (primary N) is 1. The van der Waals surface area contributed by atoms with Gasteiger partial charge in [0, 0.05) is 24.7 Å². The maximum Gasteiger partial charge on any atom is 0.326 e. The Morgan fingerprint density at radius 2 is 1.44 bits per heavy atom. The SMILES string of the molecule is NC(Cc1cnc[nH]1)C(=O)NC(CO)C(=O)NC(CO)C(=O)NC(Cc1ccccc1)C(=O)O. The Kier molecular flexibility index (Phi) is 10.1. The lowest BCUT2D eigenvalue weighted by Gasteiger charge is -2.23. The molecule has 2 aromatic rings. The van der Waals surface area contributed by atoms with E-state index in [1.165, 1.54) is 12.5 Å². The van der Waals surface area contributed by atoms with Crippen LogP contribution in [0.25, 0.3) is 0 Å². The predicted octanol–water partition coefficient (Wildman–Crippen LogP) is -2.95. The van der Waals surface area contributed by atoms with Crippen molar-refractivity contribution in [2.24, 2.45) is 5.73 Å². The number of nitrogens with one attached hydrogen (secondary N) is 4. The molecule has 184 valence electrons. The van der Waals surface area contributed by atoms with Gasteiger partial charge in [0.2, 0.25) is 17.7 Å². The molecule has 0 spiro atoms. The molecular formula is C21H28N6O7. The lowest BCUT2D eigenvalue weighted by atomic mass is 10.1. The highest BCUT2D eigenvalue weighted by Gasteiger charge is 2.30. The van der Waals surface area contributed by atoms with E-state index in [2.05, 4.69) is 25.9 Å². The maximum atomic E-state index is 12.5. The van der Waals surface area contributed by atoms with Gasteiger partial charge in [0.05, 0.1) is 25.6 Å². The van der Waals surface area contributed by atoms with Gasteiger partial charge < -0.3 is 42.0 Å². The normalized spacial score (nSPS) is 14.3. The van der Waals surface area contributed by atoms with Crippen LogP contribution in [0.15, 0.2) is 42.9 Å². The molecule has 0 aliphatic carbocycles. The van der Waals surface area contributed by atoms with Gasteiger partial charge in [-0.05, 0) is 5.56 Å². The van der Waals surface area contributed by atoms with Crippen molar-refractivity contribution in [2.75, 3.05) is 13.2 Å². The first-order chi connectivity index (χ1) is 16.2. The summed E-state index contributed by atoms with van der Waals surface area (Å²) in [5.41, 5.74) is 7.05. The van der Waals surface area contributed by atoms with Crippen LogP contribution in [-0.4, -0.2) is 86.4 Å². The quantitative estimate of drug-likeness (QED) is 0.148. The number of imidazole rings is 1. The van der Waals surface area contributed by atoms with Gasteiger partial charge in [-0.3, -0.25) is 14.4 Å². The van der Waals surface area contributed by atoms with Crippen LogP contribution >= 0.6 is 0 Å². The van der Waals surface area contributed by atoms with Crippen molar-refractivity contribution in [3.05, 3.63) is 54.1 Å². The number of aliphatic carboxylic acids is 1. The van der Waals surface area contributed by atoms with Crippen molar-refractivity contribution < 1.29 is 34.5 Å². The topological polar surface area (TPSA) is 220 Å². The number of benzene rings is 1. The summed E-state index contributed by atoms with van der Waals surface area (Å²) in [5, 5.41) is 35.2. The molecule has 1 heterocycles. The molecule has 1 aromatic heterocycles. The Morgan fingerprint density at radius 3 is 1.94 bits per heavy atom. The first-order valence-electron chi connectivity index (χ1n) is 10.4. The van der Waals surface area contributed by atoms with Gasteiger partial charge in [-0.1, -0.05) is 30.3 Å². The van der Waals surface area contributed by atoms with E-state index < -0.39 is 61.1 Å².